The highest BCUT2D eigenvalue weighted by Gasteiger charge is 2.34. The summed E-state index contributed by atoms with van der Waals surface area (Å²) in [6.45, 7) is 0. The van der Waals surface area contributed by atoms with Gasteiger partial charge < -0.3 is 0 Å². The first kappa shape index (κ1) is 10.7. The van der Waals surface area contributed by atoms with E-state index in [2.05, 4.69) is 15.9 Å². The average Bonchev–Trinajstić information content (AvgIpc) is 3.01. The van der Waals surface area contributed by atoms with Gasteiger partial charge in [0, 0.05) is 5.92 Å². The standard InChI is InChI=1S/C12H19BrO/c13-11(12(14)10-6-7-10)8-9-4-2-1-3-5-9/h9-11H,1-8H2/t11-/m1/s1. The molecule has 0 bridgehead atoms. The van der Waals surface area contributed by atoms with Crippen LogP contribution < -0.4 is 0 Å². The van der Waals surface area contributed by atoms with Crippen LogP contribution in [0.15, 0.2) is 0 Å². The molecule has 0 aromatic carbocycles. The molecule has 0 radical (unpaired) electrons. The molecule has 0 heterocycles. The minimum atomic E-state index is 0.165. The largest absolute Gasteiger partial charge is 0.298 e. The first-order chi connectivity index (χ1) is 6.77. The highest BCUT2D eigenvalue weighted by molar-refractivity contribution is 9.10. The summed E-state index contributed by atoms with van der Waals surface area (Å²) in [5, 5.41) is 0. The van der Waals surface area contributed by atoms with E-state index in [-0.39, 0.29) is 4.83 Å². The number of ketones is 1. The van der Waals surface area contributed by atoms with Crippen LogP contribution in [0.2, 0.25) is 0 Å². The summed E-state index contributed by atoms with van der Waals surface area (Å²) in [6.07, 6.45) is 10.2. The summed E-state index contributed by atoms with van der Waals surface area (Å²) in [5.41, 5.74) is 0. The van der Waals surface area contributed by atoms with Gasteiger partial charge in [-0.2, -0.15) is 0 Å². The smallest absolute Gasteiger partial charge is 0.149 e. The van der Waals surface area contributed by atoms with Crippen molar-refractivity contribution in [3.8, 4) is 0 Å². The molecule has 0 unspecified atom stereocenters. The van der Waals surface area contributed by atoms with Gasteiger partial charge in [-0.05, 0) is 25.2 Å². The molecule has 0 aliphatic heterocycles. The highest BCUT2D eigenvalue weighted by atomic mass is 79.9. The second-order valence-corrected chi connectivity index (χ2v) is 5.99. The van der Waals surface area contributed by atoms with Crippen LogP contribution >= 0.6 is 15.9 Å². The monoisotopic (exact) mass is 258 g/mol. The third-order valence-corrected chi connectivity index (χ3v) is 4.38. The van der Waals surface area contributed by atoms with Crippen LogP contribution in [-0.2, 0) is 4.79 Å². The lowest BCUT2D eigenvalue weighted by molar-refractivity contribution is -0.119. The molecule has 2 aliphatic rings. The molecule has 2 saturated carbocycles. The van der Waals surface area contributed by atoms with Gasteiger partial charge in [0.2, 0.25) is 0 Å². The molecule has 2 heteroatoms. The number of carbonyl (C=O) groups is 1. The van der Waals surface area contributed by atoms with Crippen molar-refractivity contribution in [3.05, 3.63) is 0 Å². The van der Waals surface area contributed by atoms with Crippen LogP contribution in [0.1, 0.15) is 51.4 Å². The maximum Gasteiger partial charge on any atom is 0.149 e. The van der Waals surface area contributed by atoms with Gasteiger partial charge in [0.15, 0.2) is 0 Å². The fraction of sp³-hybridized carbons (Fsp3) is 0.917. The van der Waals surface area contributed by atoms with Crippen molar-refractivity contribution in [2.45, 2.75) is 56.2 Å². The summed E-state index contributed by atoms with van der Waals surface area (Å²) in [7, 11) is 0. The summed E-state index contributed by atoms with van der Waals surface area (Å²) < 4.78 is 0. The highest BCUT2D eigenvalue weighted by Crippen LogP contribution is 2.36. The minimum absolute atomic E-state index is 0.165. The molecule has 0 N–H and O–H groups in total. The Morgan fingerprint density at radius 2 is 1.79 bits per heavy atom. The third-order valence-electron chi connectivity index (χ3n) is 3.55. The first-order valence-electron chi connectivity index (χ1n) is 5.95. The molecule has 2 fully saturated rings. The van der Waals surface area contributed by atoms with Crippen LogP contribution in [0.4, 0.5) is 0 Å². The Morgan fingerprint density at radius 3 is 2.36 bits per heavy atom. The molecule has 1 nitrogen and oxygen atoms in total. The zero-order chi connectivity index (χ0) is 9.97. The zero-order valence-electron chi connectivity index (χ0n) is 8.68. The van der Waals surface area contributed by atoms with Gasteiger partial charge >= 0.3 is 0 Å². The third kappa shape index (κ3) is 2.82. The zero-order valence-corrected chi connectivity index (χ0v) is 10.3. The topological polar surface area (TPSA) is 17.1 Å². The summed E-state index contributed by atoms with van der Waals surface area (Å²) in [6, 6.07) is 0. The van der Waals surface area contributed by atoms with Gasteiger partial charge in [0.05, 0.1) is 4.83 Å². The van der Waals surface area contributed by atoms with E-state index in [1.54, 1.807) is 0 Å². The Morgan fingerprint density at radius 1 is 1.14 bits per heavy atom. The van der Waals surface area contributed by atoms with Gasteiger partial charge in [-0.25, -0.2) is 0 Å². The molecule has 2 aliphatic carbocycles. The maximum atomic E-state index is 11.7. The van der Waals surface area contributed by atoms with E-state index in [9.17, 15) is 4.79 Å². The molecule has 0 spiro atoms. The molecule has 14 heavy (non-hydrogen) atoms. The normalized spacial score (nSPS) is 26.1. The number of hydrogen-bond acceptors (Lipinski definition) is 1. The Bertz CT molecular complexity index is 204. The lowest BCUT2D eigenvalue weighted by atomic mass is 9.85. The van der Waals surface area contributed by atoms with Crippen LogP contribution in [0.5, 0.6) is 0 Å². The van der Waals surface area contributed by atoms with Crippen molar-refractivity contribution in [1.82, 2.24) is 0 Å². The van der Waals surface area contributed by atoms with E-state index in [0.29, 0.717) is 11.7 Å². The fourth-order valence-electron chi connectivity index (χ4n) is 2.46. The van der Waals surface area contributed by atoms with Crippen LogP contribution in [-0.4, -0.2) is 10.6 Å². The van der Waals surface area contributed by atoms with Gasteiger partial charge in [-0.15, -0.1) is 0 Å². The second-order valence-electron chi connectivity index (χ2n) is 4.88. The van der Waals surface area contributed by atoms with Gasteiger partial charge in [-0.3, -0.25) is 4.79 Å². The number of hydrogen-bond donors (Lipinski definition) is 0. The van der Waals surface area contributed by atoms with Crippen molar-refractivity contribution in [1.29, 1.82) is 0 Å². The molecule has 2 rings (SSSR count). The summed E-state index contributed by atoms with van der Waals surface area (Å²) in [5.74, 6) is 1.72. The predicted molar refractivity (Wildman–Crippen MR) is 61.6 cm³/mol. The van der Waals surface area contributed by atoms with Crippen molar-refractivity contribution < 1.29 is 4.79 Å². The molecule has 0 amide bonds. The quantitative estimate of drug-likeness (QED) is 0.703. The summed E-state index contributed by atoms with van der Waals surface area (Å²) in [4.78, 5) is 11.9. The average molecular weight is 259 g/mol. The van der Waals surface area contributed by atoms with E-state index >= 15 is 0 Å². The molecular weight excluding hydrogens is 240 g/mol. The SMILES string of the molecule is O=C(C1CC1)[C@H](Br)CC1CCCCC1. The molecule has 1 atom stereocenters. The lowest BCUT2D eigenvalue weighted by Crippen LogP contribution is -2.20. The van der Waals surface area contributed by atoms with Crippen LogP contribution in [0.25, 0.3) is 0 Å². The molecule has 80 valence electrons. The number of halogens is 1. The molecule has 0 aromatic heterocycles. The van der Waals surface area contributed by atoms with Gasteiger partial charge in [0.25, 0.3) is 0 Å². The number of alkyl halides is 1. The van der Waals surface area contributed by atoms with Crippen molar-refractivity contribution in [2.75, 3.05) is 0 Å². The van der Waals surface area contributed by atoms with Crippen LogP contribution in [0, 0.1) is 11.8 Å². The van der Waals surface area contributed by atoms with E-state index in [1.165, 1.54) is 32.1 Å². The van der Waals surface area contributed by atoms with Crippen molar-refractivity contribution >= 4 is 21.7 Å². The number of Topliss-reactive ketones (excluding diaryl/α,β-unsaturated/α-hetero) is 1. The maximum absolute atomic E-state index is 11.7. The minimum Gasteiger partial charge on any atom is -0.298 e. The van der Waals surface area contributed by atoms with E-state index in [4.69, 9.17) is 0 Å². The molecule has 0 saturated heterocycles. The lowest BCUT2D eigenvalue weighted by Gasteiger charge is -2.23. The predicted octanol–water partition coefficient (Wildman–Crippen LogP) is 3.70. The Hall–Kier alpha value is 0.150. The number of rotatable bonds is 4. The summed E-state index contributed by atoms with van der Waals surface area (Å²) >= 11 is 3.57. The first-order valence-corrected chi connectivity index (χ1v) is 6.86. The number of carbonyl (C=O) groups excluding carboxylic acids is 1. The van der Waals surface area contributed by atoms with Crippen molar-refractivity contribution in [2.24, 2.45) is 11.8 Å². The molecular formula is C12H19BrO. The Balaban J connectivity index is 1.74. The second kappa shape index (κ2) is 4.78. The van der Waals surface area contributed by atoms with E-state index in [1.807, 2.05) is 0 Å². The van der Waals surface area contributed by atoms with E-state index in [0.717, 1.165) is 25.2 Å². The van der Waals surface area contributed by atoms with Crippen molar-refractivity contribution in [3.63, 3.8) is 0 Å². The Labute approximate surface area is 94.8 Å². The van der Waals surface area contributed by atoms with Gasteiger partial charge in [-0.1, -0.05) is 48.0 Å². The van der Waals surface area contributed by atoms with Crippen LogP contribution in [0.3, 0.4) is 0 Å². The fourth-order valence-corrected chi connectivity index (χ4v) is 3.36. The van der Waals surface area contributed by atoms with Gasteiger partial charge in [0.1, 0.15) is 5.78 Å². The van der Waals surface area contributed by atoms with E-state index < -0.39 is 0 Å². The Kier molecular flexibility index (Phi) is 3.64. The molecule has 0 aromatic rings.